The standard InChI is InChI=1S/C41H29N3/c1-6-18-30(19-7-1)37-38(31-20-8-2-9-21-31)42-44-39(32-22-10-3-11-23-32)41(36-29-17-16-28-35(36)40(37)44)43(33-24-12-4-13-25-33)34-26-14-5-15-27-34/h1-29H. The Bertz CT molecular complexity index is 2150. The predicted molar refractivity (Wildman–Crippen MR) is 184 cm³/mol. The lowest BCUT2D eigenvalue weighted by atomic mass is 9.95. The van der Waals surface area contributed by atoms with E-state index in [2.05, 4.69) is 185 Å². The van der Waals surface area contributed by atoms with Gasteiger partial charge in [0.05, 0.1) is 16.9 Å². The third-order valence-corrected chi connectivity index (χ3v) is 8.17. The lowest BCUT2D eigenvalue weighted by Crippen LogP contribution is -2.14. The van der Waals surface area contributed by atoms with Crippen molar-refractivity contribution in [1.82, 2.24) is 9.61 Å². The van der Waals surface area contributed by atoms with Crippen molar-refractivity contribution in [2.24, 2.45) is 0 Å². The zero-order valence-electron chi connectivity index (χ0n) is 24.1. The van der Waals surface area contributed by atoms with E-state index in [1.165, 1.54) is 0 Å². The summed E-state index contributed by atoms with van der Waals surface area (Å²) in [5, 5.41) is 7.81. The van der Waals surface area contributed by atoms with Gasteiger partial charge in [0.2, 0.25) is 0 Å². The Labute approximate surface area is 256 Å². The van der Waals surface area contributed by atoms with Crippen LogP contribution in [0, 0.1) is 0 Å². The third kappa shape index (κ3) is 4.34. The molecule has 208 valence electrons. The number of para-hydroxylation sites is 2. The van der Waals surface area contributed by atoms with Gasteiger partial charge in [-0.2, -0.15) is 5.10 Å². The summed E-state index contributed by atoms with van der Waals surface area (Å²) in [7, 11) is 0. The van der Waals surface area contributed by atoms with Gasteiger partial charge < -0.3 is 4.90 Å². The van der Waals surface area contributed by atoms with Crippen LogP contribution in [0.3, 0.4) is 0 Å². The number of rotatable bonds is 6. The Kier molecular flexibility index (Phi) is 6.47. The molecule has 0 radical (unpaired) electrons. The topological polar surface area (TPSA) is 20.5 Å². The number of aromatic nitrogens is 2. The van der Waals surface area contributed by atoms with Crippen molar-refractivity contribution >= 4 is 33.4 Å². The van der Waals surface area contributed by atoms with Gasteiger partial charge in [-0.15, -0.1) is 0 Å². The Morgan fingerprint density at radius 1 is 0.409 bits per heavy atom. The molecule has 0 spiro atoms. The summed E-state index contributed by atoms with van der Waals surface area (Å²) in [5.74, 6) is 0. The monoisotopic (exact) mass is 563 g/mol. The molecule has 0 saturated heterocycles. The minimum atomic E-state index is 0.960. The highest BCUT2D eigenvalue weighted by Crippen LogP contribution is 2.49. The second-order valence-electron chi connectivity index (χ2n) is 10.8. The zero-order valence-corrected chi connectivity index (χ0v) is 24.1. The predicted octanol–water partition coefficient (Wildman–Crippen LogP) is 11.0. The largest absolute Gasteiger partial charge is 0.308 e. The fourth-order valence-electron chi connectivity index (χ4n) is 6.27. The average Bonchev–Trinajstić information content (AvgIpc) is 3.51. The Morgan fingerprint density at radius 3 is 1.39 bits per heavy atom. The molecular weight excluding hydrogens is 534 g/mol. The molecule has 0 fully saturated rings. The lowest BCUT2D eigenvalue weighted by Gasteiger charge is -2.29. The number of benzene rings is 6. The quantitative estimate of drug-likeness (QED) is 0.201. The SMILES string of the molecule is c1ccc(-c2nn3c(-c4ccccc4)c(N(c4ccccc4)c4ccccc4)c4ccccc4c3c2-c2ccccc2)cc1. The molecule has 0 atom stereocenters. The second kappa shape index (κ2) is 11.0. The first kappa shape index (κ1) is 25.8. The highest BCUT2D eigenvalue weighted by molar-refractivity contribution is 6.15. The van der Waals surface area contributed by atoms with Gasteiger partial charge in [-0.25, -0.2) is 4.52 Å². The van der Waals surface area contributed by atoms with Crippen molar-refractivity contribution < 1.29 is 0 Å². The van der Waals surface area contributed by atoms with Crippen LogP contribution in [-0.2, 0) is 0 Å². The Balaban J connectivity index is 1.61. The molecule has 2 aromatic heterocycles. The van der Waals surface area contributed by atoms with Gasteiger partial charge in [0.25, 0.3) is 0 Å². The van der Waals surface area contributed by atoms with Crippen LogP contribution in [-0.4, -0.2) is 9.61 Å². The van der Waals surface area contributed by atoms with Crippen LogP contribution in [0.5, 0.6) is 0 Å². The highest BCUT2D eigenvalue weighted by atomic mass is 15.3. The third-order valence-electron chi connectivity index (χ3n) is 8.17. The molecule has 0 aliphatic carbocycles. The average molecular weight is 564 g/mol. The number of nitrogens with zero attached hydrogens (tertiary/aromatic N) is 3. The van der Waals surface area contributed by atoms with Gasteiger partial charge in [0.15, 0.2) is 0 Å². The van der Waals surface area contributed by atoms with E-state index in [0.717, 1.165) is 67.0 Å². The van der Waals surface area contributed by atoms with E-state index in [4.69, 9.17) is 5.10 Å². The van der Waals surface area contributed by atoms with E-state index in [-0.39, 0.29) is 0 Å². The van der Waals surface area contributed by atoms with Crippen molar-refractivity contribution in [2.45, 2.75) is 0 Å². The molecule has 0 aliphatic rings. The first-order chi connectivity index (χ1) is 21.9. The first-order valence-corrected chi connectivity index (χ1v) is 14.9. The summed E-state index contributed by atoms with van der Waals surface area (Å²) in [5.41, 5.74) is 10.8. The van der Waals surface area contributed by atoms with E-state index >= 15 is 0 Å². The van der Waals surface area contributed by atoms with Crippen molar-refractivity contribution in [1.29, 1.82) is 0 Å². The van der Waals surface area contributed by atoms with Crippen LogP contribution in [0.2, 0.25) is 0 Å². The van der Waals surface area contributed by atoms with Crippen molar-refractivity contribution in [2.75, 3.05) is 4.90 Å². The van der Waals surface area contributed by atoms with Gasteiger partial charge in [0, 0.05) is 38.8 Å². The highest BCUT2D eigenvalue weighted by Gasteiger charge is 2.28. The molecule has 3 nitrogen and oxygen atoms in total. The van der Waals surface area contributed by atoms with Gasteiger partial charge in [-0.1, -0.05) is 152 Å². The number of hydrogen-bond acceptors (Lipinski definition) is 2. The van der Waals surface area contributed by atoms with Crippen molar-refractivity contribution in [3.63, 3.8) is 0 Å². The first-order valence-electron chi connectivity index (χ1n) is 14.9. The van der Waals surface area contributed by atoms with Crippen LogP contribution in [0.25, 0.3) is 49.9 Å². The summed E-state index contributed by atoms with van der Waals surface area (Å²) < 4.78 is 2.19. The number of fused-ring (bicyclic) bond motifs is 3. The summed E-state index contributed by atoms with van der Waals surface area (Å²) in [4.78, 5) is 2.37. The molecular formula is C41H29N3. The molecule has 0 amide bonds. The van der Waals surface area contributed by atoms with Crippen molar-refractivity contribution in [3.8, 4) is 33.6 Å². The number of hydrogen-bond donors (Lipinski definition) is 0. The summed E-state index contributed by atoms with van der Waals surface area (Å²) >= 11 is 0. The fourth-order valence-corrected chi connectivity index (χ4v) is 6.27. The molecule has 3 heteroatoms. The smallest absolute Gasteiger partial charge is 0.101 e. The second-order valence-corrected chi connectivity index (χ2v) is 10.8. The van der Waals surface area contributed by atoms with Crippen LogP contribution in [0.4, 0.5) is 17.1 Å². The van der Waals surface area contributed by atoms with Crippen LogP contribution >= 0.6 is 0 Å². The summed E-state index contributed by atoms with van der Waals surface area (Å²) in [6.45, 7) is 0. The maximum absolute atomic E-state index is 5.51. The minimum Gasteiger partial charge on any atom is -0.308 e. The molecule has 0 N–H and O–H groups in total. The Hall–Kier alpha value is -5.93. The van der Waals surface area contributed by atoms with Crippen LogP contribution in [0.1, 0.15) is 0 Å². The fraction of sp³-hybridized carbons (Fsp3) is 0. The van der Waals surface area contributed by atoms with Crippen LogP contribution in [0.15, 0.2) is 176 Å². The van der Waals surface area contributed by atoms with E-state index in [1.807, 2.05) is 0 Å². The van der Waals surface area contributed by atoms with Gasteiger partial charge in [0.1, 0.15) is 5.69 Å². The van der Waals surface area contributed by atoms with Gasteiger partial charge >= 0.3 is 0 Å². The molecule has 8 rings (SSSR count). The molecule has 2 heterocycles. The molecule has 0 unspecified atom stereocenters. The minimum absolute atomic E-state index is 0.960. The van der Waals surface area contributed by atoms with Crippen LogP contribution < -0.4 is 4.90 Å². The van der Waals surface area contributed by atoms with E-state index in [0.29, 0.717) is 0 Å². The molecule has 8 aromatic rings. The molecule has 0 aliphatic heterocycles. The molecule has 0 bridgehead atoms. The summed E-state index contributed by atoms with van der Waals surface area (Å²) in [6.07, 6.45) is 0. The molecule has 6 aromatic carbocycles. The Morgan fingerprint density at radius 2 is 0.841 bits per heavy atom. The molecule has 0 saturated carbocycles. The van der Waals surface area contributed by atoms with Gasteiger partial charge in [-0.3, -0.25) is 0 Å². The maximum atomic E-state index is 5.51. The zero-order chi connectivity index (χ0) is 29.3. The van der Waals surface area contributed by atoms with Crippen molar-refractivity contribution in [3.05, 3.63) is 176 Å². The van der Waals surface area contributed by atoms with E-state index in [1.54, 1.807) is 0 Å². The maximum Gasteiger partial charge on any atom is 0.101 e. The number of pyridine rings is 1. The number of anilines is 3. The lowest BCUT2D eigenvalue weighted by molar-refractivity contribution is 0.976. The normalized spacial score (nSPS) is 11.2. The molecule has 44 heavy (non-hydrogen) atoms. The van der Waals surface area contributed by atoms with Gasteiger partial charge in [-0.05, 0) is 29.8 Å². The van der Waals surface area contributed by atoms with E-state index < -0.39 is 0 Å². The van der Waals surface area contributed by atoms with E-state index in [9.17, 15) is 0 Å². The summed E-state index contributed by atoms with van der Waals surface area (Å²) in [6, 6.07) is 61.8.